The first kappa shape index (κ1) is 20.5. The van der Waals surface area contributed by atoms with Crippen LogP contribution in [-0.4, -0.2) is 39.5 Å². The molecule has 2 aromatic rings. The summed E-state index contributed by atoms with van der Waals surface area (Å²) >= 11 is 1.35. The Kier molecular flexibility index (Phi) is 7.14. The molecule has 3 rings (SSSR count). The van der Waals surface area contributed by atoms with Crippen LogP contribution in [0.15, 0.2) is 30.3 Å². The summed E-state index contributed by atoms with van der Waals surface area (Å²) in [6.45, 7) is 4.84. The van der Waals surface area contributed by atoms with Crippen molar-refractivity contribution in [2.45, 2.75) is 58.4 Å². The van der Waals surface area contributed by atoms with Gasteiger partial charge in [-0.15, -0.1) is 10.2 Å². The monoisotopic (exact) mass is 400 g/mol. The smallest absolute Gasteiger partial charge is 0.249 e. The maximum Gasteiger partial charge on any atom is 0.249 e. The SMILES string of the molecule is CCCCC(CC)C(=O)N1CCCC1C(=O)Nc1nnc(-c2ccccc2)s1. The third-order valence-corrected chi connectivity index (χ3v) is 6.15. The molecule has 150 valence electrons. The first-order valence-electron chi connectivity index (χ1n) is 10.1. The summed E-state index contributed by atoms with van der Waals surface area (Å²) in [6, 6.07) is 9.35. The van der Waals surface area contributed by atoms with Crippen molar-refractivity contribution in [3.63, 3.8) is 0 Å². The number of anilines is 1. The Morgan fingerprint density at radius 1 is 1.25 bits per heavy atom. The van der Waals surface area contributed by atoms with E-state index in [9.17, 15) is 9.59 Å². The maximum absolute atomic E-state index is 13.0. The molecule has 0 aliphatic carbocycles. The lowest BCUT2D eigenvalue weighted by atomic mass is 9.97. The zero-order valence-electron chi connectivity index (χ0n) is 16.6. The van der Waals surface area contributed by atoms with Gasteiger partial charge in [0.05, 0.1) is 0 Å². The number of hydrogen-bond acceptors (Lipinski definition) is 5. The fraction of sp³-hybridized carbons (Fsp3) is 0.524. The predicted octanol–water partition coefficient (Wildman–Crippen LogP) is 4.35. The van der Waals surface area contributed by atoms with E-state index in [0.717, 1.165) is 42.7 Å². The lowest BCUT2D eigenvalue weighted by molar-refractivity contribution is -0.140. The van der Waals surface area contributed by atoms with Crippen molar-refractivity contribution >= 4 is 28.3 Å². The topological polar surface area (TPSA) is 75.2 Å². The van der Waals surface area contributed by atoms with Gasteiger partial charge in [-0.1, -0.05) is 68.4 Å². The summed E-state index contributed by atoms with van der Waals surface area (Å²) in [6.07, 6.45) is 5.40. The number of aromatic nitrogens is 2. The summed E-state index contributed by atoms with van der Waals surface area (Å²) in [5.74, 6) is -0.0256. The van der Waals surface area contributed by atoms with E-state index in [1.54, 1.807) is 4.90 Å². The molecule has 1 aliphatic rings. The van der Waals surface area contributed by atoms with Gasteiger partial charge in [-0.3, -0.25) is 14.9 Å². The Morgan fingerprint density at radius 2 is 2.04 bits per heavy atom. The van der Waals surface area contributed by atoms with Crippen molar-refractivity contribution in [3.8, 4) is 10.6 Å². The van der Waals surface area contributed by atoms with Gasteiger partial charge < -0.3 is 4.90 Å². The third kappa shape index (κ3) is 4.76. The lowest BCUT2D eigenvalue weighted by Crippen LogP contribution is -2.45. The van der Waals surface area contributed by atoms with Gasteiger partial charge in [0.15, 0.2) is 0 Å². The predicted molar refractivity (Wildman–Crippen MR) is 112 cm³/mol. The summed E-state index contributed by atoms with van der Waals surface area (Å²) in [7, 11) is 0. The number of carbonyl (C=O) groups excluding carboxylic acids is 2. The van der Waals surface area contributed by atoms with Gasteiger partial charge in [0.25, 0.3) is 0 Å². The molecule has 7 heteroatoms. The highest BCUT2D eigenvalue weighted by Crippen LogP contribution is 2.28. The fourth-order valence-electron chi connectivity index (χ4n) is 3.65. The molecule has 2 atom stereocenters. The van der Waals surface area contributed by atoms with Crippen LogP contribution in [0.4, 0.5) is 5.13 Å². The Labute approximate surface area is 170 Å². The van der Waals surface area contributed by atoms with Crippen LogP contribution in [0.25, 0.3) is 10.6 Å². The van der Waals surface area contributed by atoms with Gasteiger partial charge in [-0.2, -0.15) is 0 Å². The number of rotatable bonds is 8. The van der Waals surface area contributed by atoms with Crippen LogP contribution in [-0.2, 0) is 9.59 Å². The first-order valence-corrected chi connectivity index (χ1v) is 11.0. The second-order valence-electron chi connectivity index (χ2n) is 7.20. The summed E-state index contributed by atoms with van der Waals surface area (Å²) in [5, 5.41) is 12.4. The average molecular weight is 401 g/mol. The number of benzene rings is 1. The zero-order valence-corrected chi connectivity index (χ0v) is 17.4. The molecule has 1 aliphatic heterocycles. The lowest BCUT2D eigenvalue weighted by Gasteiger charge is -2.27. The molecule has 1 aromatic heterocycles. The molecular weight excluding hydrogens is 372 g/mol. The standard InChI is InChI=1S/C21H28N4O2S/c1-3-5-10-15(4-2)20(27)25-14-9-13-17(25)18(26)22-21-24-23-19(28-21)16-11-7-6-8-12-16/h6-8,11-12,15,17H,3-5,9-10,13-14H2,1-2H3,(H,22,24,26). The van der Waals surface area contributed by atoms with Crippen molar-refractivity contribution in [1.29, 1.82) is 0 Å². The van der Waals surface area contributed by atoms with Crippen molar-refractivity contribution < 1.29 is 9.59 Å². The molecule has 2 amide bonds. The van der Waals surface area contributed by atoms with Crippen LogP contribution in [0.3, 0.4) is 0 Å². The quantitative estimate of drug-likeness (QED) is 0.715. The number of nitrogens with zero attached hydrogens (tertiary/aromatic N) is 3. The summed E-state index contributed by atoms with van der Waals surface area (Å²) < 4.78 is 0. The highest BCUT2D eigenvalue weighted by Gasteiger charge is 2.36. The summed E-state index contributed by atoms with van der Waals surface area (Å²) in [4.78, 5) is 27.6. The van der Waals surface area contributed by atoms with E-state index >= 15 is 0 Å². The second kappa shape index (κ2) is 9.78. The first-order chi connectivity index (χ1) is 13.6. The molecule has 0 radical (unpaired) electrons. The Balaban J connectivity index is 1.65. The molecule has 6 nitrogen and oxygen atoms in total. The van der Waals surface area contributed by atoms with E-state index in [1.165, 1.54) is 11.3 Å². The van der Waals surface area contributed by atoms with Gasteiger partial charge in [-0.05, 0) is 25.7 Å². The maximum atomic E-state index is 13.0. The molecule has 1 N–H and O–H groups in total. The Bertz CT molecular complexity index is 793. The van der Waals surface area contributed by atoms with E-state index in [2.05, 4.69) is 29.4 Å². The van der Waals surface area contributed by atoms with Gasteiger partial charge in [0.1, 0.15) is 11.0 Å². The summed E-state index contributed by atoms with van der Waals surface area (Å²) in [5.41, 5.74) is 0.972. The van der Waals surface area contributed by atoms with Gasteiger partial charge in [0.2, 0.25) is 16.9 Å². The van der Waals surface area contributed by atoms with Gasteiger partial charge in [0, 0.05) is 18.0 Å². The van der Waals surface area contributed by atoms with E-state index in [1.807, 2.05) is 30.3 Å². The van der Waals surface area contributed by atoms with Gasteiger partial charge in [-0.25, -0.2) is 0 Å². The Hall–Kier alpha value is -2.28. The van der Waals surface area contributed by atoms with E-state index in [4.69, 9.17) is 0 Å². The molecule has 2 unspecified atom stereocenters. The van der Waals surface area contributed by atoms with Crippen LogP contribution >= 0.6 is 11.3 Å². The van der Waals surface area contributed by atoms with Crippen molar-refractivity contribution in [2.24, 2.45) is 5.92 Å². The van der Waals surface area contributed by atoms with Crippen molar-refractivity contribution in [3.05, 3.63) is 30.3 Å². The number of amides is 2. The second-order valence-corrected chi connectivity index (χ2v) is 8.18. The van der Waals surface area contributed by atoms with E-state index < -0.39 is 6.04 Å². The minimum Gasteiger partial charge on any atom is -0.330 e. The van der Waals surface area contributed by atoms with Crippen molar-refractivity contribution in [1.82, 2.24) is 15.1 Å². The number of hydrogen-bond donors (Lipinski definition) is 1. The molecule has 28 heavy (non-hydrogen) atoms. The van der Waals surface area contributed by atoms with Crippen molar-refractivity contribution in [2.75, 3.05) is 11.9 Å². The van der Waals surface area contributed by atoms with Crippen LogP contribution < -0.4 is 5.32 Å². The normalized spacial score (nSPS) is 17.5. The third-order valence-electron chi connectivity index (χ3n) is 5.26. The highest BCUT2D eigenvalue weighted by molar-refractivity contribution is 7.18. The van der Waals surface area contributed by atoms with Crippen LogP contribution in [0.1, 0.15) is 52.4 Å². The molecular formula is C21H28N4O2S. The number of unbranched alkanes of at least 4 members (excludes halogenated alkanes) is 1. The molecule has 0 saturated carbocycles. The highest BCUT2D eigenvalue weighted by atomic mass is 32.1. The number of carbonyl (C=O) groups is 2. The van der Waals surface area contributed by atoms with Gasteiger partial charge >= 0.3 is 0 Å². The largest absolute Gasteiger partial charge is 0.330 e. The Morgan fingerprint density at radius 3 is 2.75 bits per heavy atom. The number of nitrogens with one attached hydrogen (secondary N) is 1. The van der Waals surface area contributed by atoms with Crippen LogP contribution in [0.2, 0.25) is 0 Å². The molecule has 1 fully saturated rings. The minimum atomic E-state index is -0.410. The number of likely N-dealkylation sites (tertiary alicyclic amines) is 1. The molecule has 2 heterocycles. The average Bonchev–Trinajstić information content (AvgIpc) is 3.39. The van der Waals surface area contributed by atoms with E-state index in [0.29, 0.717) is 18.1 Å². The molecule has 0 spiro atoms. The molecule has 0 bridgehead atoms. The van der Waals surface area contributed by atoms with E-state index in [-0.39, 0.29) is 17.7 Å². The van der Waals surface area contributed by atoms with Crippen LogP contribution in [0, 0.1) is 5.92 Å². The molecule has 1 aromatic carbocycles. The fourth-order valence-corrected chi connectivity index (χ4v) is 4.40. The zero-order chi connectivity index (χ0) is 19.9. The minimum absolute atomic E-state index is 0.0135. The van der Waals surface area contributed by atoms with Crippen LogP contribution in [0.5, 0.6) is 0 Å². The molecule has 1 saturated heterocycles.